The number of nitrogens with zero attached hydrogens (tertiary/aromatic N) is 1. The van der Waals surface area contributed by atoms with Crippen LogP contribution in [0.4, 0.5) is 0 Å². The second-order valence-corrected chi connectivity index (χ2v) is 3.12. The zero-order valence-electron chi connectivity index (χ0n) is 8.76. The summed E-state index contributed by atoms with van der Waals surface area (Å²) in [7, 11) is 0. The number of amides is 2. The van der Waals surface area contributed by atoms with Gasteiger partial charge in [0.25, 0.3) is 5.91 Å². The summed E-state index contributed by atoms with van der Waals surface area (Å²) in [5.41, 5.74) is 0.426. The van der Waals surface area contributed by atoms with Crippen molar-refractivity contribution >= 4 is 11.8 Å². The number of hydrogen-bond donors (Lipinski definition) is 3. The largest absolute Gasteiger partial charge is 0.355 e. The van der Waals surface area contributed by atoms with Crippen LogP contribution in [0.5, 0.6) is 0 Å². The highest BCUT2D eigenvalue weighted by molar-refractivity contribution is 5.92. The maximum Gasteiger partial charge on any atom is 0.269 e. The summed E-state index contributed by atoms with van der Waals surface area (Å²) in [6, 6.07) is 0. The Bertz CT molecular complexity index is 359. The first-order chi connectivity index (χ1) is 7.09. The smallest absolute Gasteiger partial charge is 0.269 e. The molecule has 0 spiro atoms. The molecule has 6 nitrogen and oxygen atoms in total. The predicted octanol–water partition coefficient (Wildman–Crippen LogP) is -0.416. The Morgan fingerprint density at radius 1 is 1.40 bits per heavy atom. The summed E-state index contributed by atoms with van der Waals surface area (Å²) < 4.78 is 0. The highest BCUT2D eigenvalue weighted by Gasteiger charge is 2.06. The van der Waals surface area contributed by atoms with E-state index in [2.05, 4.69) is 20.6 Å². The molecule has 1 aromatic heterocycles. The highest BCUT2D eigenvalue weighted by Crippen LogP contribution is 1.94. The molecule has 0 aliphatic carbocycles. The number of H-pyrrole nitrogens is 1. The molecule has 0 bridgehead atoms. The minimum Gasteiger partial charge on any atom is -0.355 e. The van der Waals surface area contributed by atoms with Crippen molar-refractivity contribution in [3.8, 4) is 0 Å². The maximum atomic E-state index is 11.4. The van der Waals surface area contributed by atoms with Crippen molar-refractivity contribution < 1.29 is 9.59 Å². The third kappa shape index (κ3) is 3.80. The lowest BCUT2D eigenvalue weighted by Gasteiger charge is -2.03. The number of carbonyl (C=O) groups excluding carboxylic acids is 2. The van der Waals surface area contributed by atoms with Crippen LogP contribution in [-0.2, 0) is 4.79 Å². The lowest BCUT2D eigenvalue weighted by molar-refractivity contribution is -0.118. The predicted molar refractivity (Wildman–Crippen MR) is 54.3 cm³/mol. The average Bonchev–Trinajstić information content (AvgIpc) is 2.59. The lowest BCUT2D eigenvalue weighted by atomic mass is 10.4. The SMILES string of the molecule is CC(=O)NCCNC(=O)c1cnc(C)[nH]1. The number of hydrogen-bond acceptors (Lipinski definition) is 3. The quantitative estimate of drug-likeness (QED) is 0.590. The monoisotopic (exact) mass is 210 g/mol. The summed E-state index contributed by atoms with van der Waals surface area (Å²) in [4.78, 5) is 28.7. The third-order valence-electron chi connectivity index (χ3n) is 1.73. The highest BCUT2D eigenvalue weighted by atomic mass is 16.2. The minimum absolute atomic E-state index is 0.110. The number of imidazole rings is 1. The molecule has 82 valence electrons. The standard InChI is InChI=1S/C9H14N4O2/c1-6-12-5-8(13-6)9(15)11-4-3-10-7(2)14/h5H,3-4H2,1-2H3,(H,10,14)(H,11,15)(H,12,13). The second kappa shape index (κ2) is 5.14. The van der Waals surface area contributed by atoms with E-state index in [1.54, 1.807) is 6.92 Å². The van der Waals surface area contributed by atoms with E-state index in [0.717, 1.165) is 0 Å². The molecule has 0 aromatic carbocycles. The first-order valence-corrected chi connectivity index (χ1v) is 4.64. The van der Waals surface area contributed by atoms with Gasteiger partial charge in [0.05, 0.1) is 6.20 Å². The molecule has 0 atom stereocenters. The number of nitrogens with one attached hydrogen (secondary N) is 3. The molecule has 2 amide bonds. The molecular weight excluding hydrogens is 196 g/mol. The first-order valence-electron chi connectivity index (χ1n) is 4.64. The molecule has 1 rings (SSSR count). The van der Waals surface area contributed by atoms with E-state index in [4.69, 9.17) is 0 Å². The van der Waals surface area contributed by atoms with Crippen LogP contribution in [0.1, 0.15) is 23.2 Å². The summed E-state index contributed by atoms with van der Waals surface area (Å²) in [5, 5.41) is 5.22. The van der Waals surface area contributed by atoms with Crippen LogP contribution < -0.4 is 10.6 Å². The van der Waals surface area contributed by atoms with Crippen molar-refractivity contribution in [1.29, 1.82) is 0 Å². The van der Waals surface area contributed by atoms with E-state index >= 15 is 0 Å². The van der Waals surface area contributed by atoms with Crippen molar-refractivity contribution in [2.24, 2.45) is 0 Å². The summed E-state index contributed by atoms with van der Waals surface area (Å²) in [5.74, 6) is 0.365. The molecule has 0 unspecified atom stereocenters. The van der Waals surface area contributed by atoms with E-state index < -0.39 is 0 Å². The van der Waals surface area contributed by atoms with Crippen molar-refractivity contribution in [3.05, 3.63) is 17.7 Å². The number of carbonyl (C=O) groups is 2. The average molecular weight is 210 g/mol. The van der Waals surface area contributed by atoms with Gasteiger partial charge in [-0.2, -0.15) is 0 Å². The van der Waals surface area contributed by atoms with E-state index in [1.165, 1.54) is 13.1 Å². The van der Waals surface area contributed by atoms with Crippen molar-refractivity contribution in [2.75, 3.05) is 13.1 Å². The molecule has 6 heteroatoms. The molecule has 0 fully saturated rings. The van der Waals surface area contributed by atoms with Gasteiger partial charge in [-0.05, 0) is 6.92 Å². The molecular formula is C9H14N4O2. The van der Waals surface area contributed by atoms with E-state index in [9.17, 15) is 9.59 Å². The van der Waals surface area contributed by atoms with Gasteiger partial charge < -0.3 is 15.6 Å². The summed E-state index contributed by atoms with van der Waals surface area (Å²) in [6.45, 7) is 4.03. The first kappa shape index (κ1) is 11.2. The molecule has 1 aromatic rings. The lowest BCUT2D eigenvalue weighted by Crippen LogP contribution is -2.33. The molecule has 3 N–H and O–H groups in total. The Hall–Kier alpha value is -1.85. The van der Waals surface area contributed by atoms with Gasteiger partial charge in [0, 0.05) is 20.0 Å². The van der Waals surface area contributed by atoms with Crippen LogP contribution >= 0.6 is 0 Å². The normalized spacial score (nSPS) is 9.73. The number of aromatic amines is 1. The van der Waals surface area contributed by atoms with Crippen LogP contribution in [0.25, 0.3) is 0 Å². The molecule has 15 heavy (non-hydrogen) atoms. The fourth-order valence-electron chi connectivity index (χ4n) is 1.05. The molecule has 1 heterocycles. The van der Waals surface area contributed by atoms with Crippen LogP contribution in [0.15, 0.2) is 6.20 Å². The zero-order chi connectivity index (χ0) is 11.3. The Labute approximate surface area is 87.5 Å². The number of rotatable bonds is 4. The molecule has 0 aliphatic heterocycles. The van der Waals surface area contributed by atoms with Gasteiger partial charge in [-0.3, -0.25) is 9.59 Å². The molecule has 0 saturated carbocycles. The third-order valence-corrected chi connectivity index (χ3v) is 1.73. The van der Waals surface area contributed by atoms with E-state index in [0.29, 0.717) is 24.6 Å². The number of aromatic nitrogens is 2. The minimum atomic E-state index is -0.221. The van der Waals surface area contributed by atoms with Gasteiger partial charge in [-0.1, -0.05) is 0 Å². The van der Waals surface area contributed by atoms with Gasteiger partial charge in [0.1, 0.15) is 11.5 Å². The van der Waals surface area contributed by atoms with Crippen molar-refractivity contribution in [1.82, 2.24) is 20.6 Å². The van der Waals surface area contributed by atoms with Crippen LogP contribution in [-0.4, -0.2) is 34.9 Å². The van der Waals surface area contributed by atoms with E-state index in [1.807, 2.05) is 0 Å². The number of aryl methyl sites for hydroxylation is 1. The van der Waals surface area contributed by atoms with Gasteiger partial charge in [-0.15, -0.1) is 0 Å². The summed E-state index contributed by atoms with van der Waals surface area (Å²) in [6.07, 6.45) is 1.48. The van der Waals surface area contributed by atoms with Crippen molar-refractivity contribution in [3.63, 3.8) is 0 Å². The Kier molecular flexibility index (Phi) is 3.84. The van der Waals surface area contributed by atoms with Gasteiger partial charge in [0.2, 0.25) is 5.91 Å². The molecule has 0 radical (unpaired) electrons. The maximum absolute atomic E-state index is 11.4. The molecule has 0 saturated heterocycles. The van der Waals surface area contributed by atoms with Crippen LogP contribution in [0.3, 0.4) is 0 Å². The Morgan fingerprint density at radius 2 is 2.07 bits per heavy atom. The van der Waals surface area contributed by atoms with Gasteiger partial charge >= 0.3 is 0 Å². The Balaban J connectivity index is 2.28. The zero-order valence-corrected chi connectivity index (χ0v) is 8.76. The fraction of sp³-hybridized carbons (Fsp3) is 0.444. The topological polar surface area (TPSA) is 86.9 Å². The fourth-order valence-corrected chi connectivity index (χ4v) is 1.05. The van der Waals surface area contributed by atoms with Crippen LogP contribution in [0.2, 0.25) is 0 Å². The molecule has 0 aliphatic rings. The summed E-state index contributed by atoms with van der Waals surface area (Å²) >= 11 is 0. The van der Waals surface area contributed by atoms with Gasteiger partial charge in [0.15, 0.2) is 0 Å². The van der Waals surface area contributed by atoms with Gasteiger partial charge in [-0.25, -0.2) is 4.98 Å². The van der Waals surface area contributed by atoms with E-state index in [-0.39, 0.29) is 11.8 Å². The Morgan fingerprint density at radius 3 is 2.60 bits per heavy atom. The van der Waals surface area contributed by atoms with Crippen molar-refractivity contribution in [2.45, 2.75) is 13.8 Å². The second-order valence-electron chi connectivity index (χ2n) is 3.12. The van der Waals surface area contributed by atoms with Crippen LogP contribution in [0, 0.1) is 6.92 Å².